The summed E-state index contributed by atoms with van der Waals surface area (Å²) in [6.45, 7) is 8.32. The molecule has 23 heavy (non-hydrogen) atoms. The molecule has 0 saturated heterocycles. The highest BCUT2D eigenvalue weighted by Gasteiger charge is 2.16. The largest absolute Gasteiger partial charge is 0.495 e. The minimum Gasteiger partial charge on any atom is -0.495 e. The highest BCUT2D eigenvalue weighted by Crippen LogP contribution is 2.31. The van der Waals surface area contributed by atoms with Crippen LogP contribution in [-0.4, -0.2) is 18.0 Å². The van der Waals surface area contributed by atoms with Gasteiger partial charge in [0.05, 0.1) is 23.5 Å². The van der Waals surface area contributed by atoms with Gasteiger partial charge in [0.25, 0.3) is 0 Å². The van der Waals surface area contributed by atoms with E-state index >= 15 is 0 Å². The summed E-state index contributed by atoms with van der Waals surface area (Å²) in [5.74, 6) is 0.435. The number of benzene rings is 1. The van der Waals surface area contributed by atoms with Crippen LogP contribution in [0.25, 0.3) is 6.08 Å². The second-order valence-electron chi connectivity index (χ2n) is 6.28. The van der Waals surface area contributed by atoms with Crippen molar-refractivity contribution in [3.63, 3.8) is 0 Å². The van der Waals surface area contributed by atoms with Gasteiger partial charge in [-0.25, -0.2) is 4.98 Å². The van der Waals surface area contributed by atoms with Crippen molar-refractivity contribution in [3.8, 4) is 5.75 Å². The third-order valence-electron chi connectivity index (χ3n) is 3.37. The number of nitrogens with zero attached hydrogens (tertiary/aromatic N) is 1. The number of anilines is 1. The predicted molar refractivity (Wildman–Crippen MR) is 96.2 cm³/mol. The summed E-state index contributed by atoms with van der Waals surface area (Å²) < 4.78 is 5.33. The van der Waals surface area contributed by atoms with E-state index in [1.165, 1.54) is 6.08 Å². The smallest absolute Gasteiger partial charge is 0.248 e. The lowest BCUT2D eigenvalue weighted by Crippen LogP contribution is -2.14. The number of methoxy groups -OCH3 is 1. The molecule has 0 aliphatic carbocycles. The number of nitrogens with one attached hydrogen (secondary N) is 1. The Morgan fingerprint density at radius 1 is 1.35 bits per heavy atom. The quantitative estimate of drug-likeness (QED) is 0.845. The first-order chi connectivity index (χ1) is 10.8. The van der Waals surface area contributed by atoms with Gasteiger partial charge in [0, 0.05) is 11.5 Å². The van der Waals surface area contributed by atoms with Gasteiger partial charge in [-0.15, -0.1) is 11.3 Å². The maximum atomic E-state index is 12.1. The zero-order valence-corrected chi connectivity index (χ0v) is 15.0. The minimum atomic E-state index is -0.208. The lowest BCUT2D eigenvalue weighted by Gasteiger charge is -2.21. The third-order valence-corrected chi connectivity index (χ3v) is 4.16. The molecular formula is C18H22N2O2S. The van der Waals surface area contributed by atoms with Crippen LogP contribution in [-0.2, 0) is 10.2 Å². The molecule has 2 rings (SSSR count). The van der Waals surface area contributed by atoms with Gasteiger partial charge >= 0.3 is 0 Å². The second-order valence-corrected chi connectivity index (χ2v) is 7.34. The Kier molecular flexibility index (Phi) is 5.21. The van der Waals surface area contributed by atoms with Gasteiger partial charge in [-0.2, -0.15) is 0 Å². The standard InChI is InChI=1S/C18H22N2O2S/c1-12-19-14(11-23-12)7-9-17(21)20-15-10-13(18(2,3)4)6-8-16(15)22-5/h6-11H,1-5H3,(H,20,21)/b9-7+. The van der Waals surface area contributed by atoms with Crippen LogP contribution in [0.4, 0.5) is 5.69 Å². The normalized spacial score (nSPS) is 11.7. The molecule has 1 aromatic heterocycles. The van der Waals surface area contributed by atoms with Gasteiger partial charge in [-0.1, -0.05) is 26.8 Å². The lowest BCUT2D eigenvalue weighted by atomic mass is 9.87. The van der Waals surface area contributed by atoms with Crippen LogP contribution in [0.1, 0.15) is 37.0 Å². The van der Waals surface area contributed by atoms with Crippen LogP contribution in [0.5, 0.6) is 5.75 Å². The van der Waals surface area contributed by atoms with Crippen molar-refractivity contribution in [2.75, 3.05) is 12.4 Å². The number of carbonyl (C=O) groups excluding carboxylic acids is 1. The fourth-order valence-corrected chi connectivity index (χ4v) is 2.65. The minimum absolute atomic E-state index is 0.000286. The monoisotopic (exact) mass is 330 g/mol. The van der Waals surface area contributed by atoms with Crippen molar-refractivity contribution in [2.24, 2.45) is 0 Å². The molecule has 2 aromatic rings. The summed E-state index contributed by atoms with van der Waals surface area (Å²) in [6.07, 6.45) is 3.19. The Morgan fingerprint density at radius 2 is 2.09 bits per heavy atom. The highest BCUT2D eigenvalue weighted by molar-refractivity contribution is 7.09. The average molecular weight is 330 g/mol. The van der Waals surface area contributed by atoms with Gasteiger partial charge in [-0.3, -0.25) is 4.79 Å². The summed E-state index contributed by atoms with van der Waals surface area (Å²) >= 11 is 1.56. The molecule has 1 amide bonds. The first-order valence-electron chi connectivity index (χ1n) is 7.39. The Morgan fingerprint density at radius 3 is 2.65 bits per heavy atom. The number of aromatic nitrogens is 1. The van der Waals surface area contributed by atoms with Gasteiger partial charge in [0.2, 0.25) is 5.91 Å². The Hall–Kier alpha value is -2.14. The van der Waals surface area contributed by atoms with E-state index in [9.17, 15) is 4.79 Å². The van der Waals surface area contributed by atoms with Crippen LogP contribution < -0.4 is 10.1 Å². The molecule has 0 spiro atoms. The molecule has 0 saturated carbocycles. The molecule has 1 aromatic carbocycles. The van der Waals surface area contributed by atoms with Crippen LogP contribution in [0.15, 0.2) is 29.7 Å². The predicted octanol–water partition coefficient (Wildman–Crippen LogP) is 4.41. The Balaban J connectivity index is 2.17. The molecule has 122 valence electrons. The summed E-state index contributed by atoms with van der Waals surface area (Å²) in [7, 11) is 1.59. The van der Waals surface area contributed by atoms with E-state index in [1.54, 1.807) is 24.5 Å². The van der Waals surface area contributed by atoms with Crippen molar-refractivity contribution < 1.29 is 9.53 Å². The second kappa shape index (κ2) is 6.96. The summed E-state index contributed by atoms with van der Waals surface area (Å²) in [4.78, 5) is 16.4. The van der Waals surface area contributed by atoms with Gasteiger partial charge < -0.3 is 10.1 Å². The highest BCUT2D eigenvalue weighted by atomic mass is 32.1. The van der Waals surface area contributed by atoms with E-state index < -0.39 is 0 Å². The lowest BCUT2D eigenvalue weighted by molar-refractivity contribution is -0.111. The van der Waals surface area contributed by atoms with Crippen LogP contribution >= 0.6 is 11.3 Å². The van der Waals surface area contributed by atoms with E-state index in [1.807, 2.05) is 30.5 Å². The molecule has 1 N–H and O–H groups in total. The van der Waals surface area contributed by atoms with Crippen molar-refractivity contribution in [1.82, 2.24) is 4.98 Å². The van der Waals surface area contributed by atoms with Crippen LogP contribution in [0.3, 0.4) is 0 Å². The summed E-state index contributed by atoms with van der Waals surface area (Å²) in [5.41, 5.74) is 2.59. The number of hydrogen-bond donors (Lipinski definition) is 1. The molecule has 0 unspecified atom stereocenters. The first-order valence-corrected chi connectivity index (χ1v) is 8.27. The fourth-order valence-electron chi connectivity index (χ4n) is 2.06. The van der Waals surface area contributed by atoms with Crippen molar-refractivity contribution in [3.05, 3.63) is 45.9 Å². The van der Waals surface area contributed by atoms with Crippen molar-refractivity contribution >= 4 is 29.0 Å². The molecule has 1 heterocycles. The molecule has 0 aliphatic rings. The number of rotatable bonds is 4. The maximum Gasteiger partial charge on any atom is 0.248 e. The first kappa shape index (κ1) is 17.2. The van der Waals surface area contributed by atoms with E-state index in [2.05, 4.69) is 31.1 Å². The van der Waals surface area contributed by atoms with Gasteiger partial charge in [-0.05, 0) is 36.1 Å². The summed E-state index contributed by atoms with van der Waals surface area (Å²) in [6, 6.07) is 5.85. The fraction of sp³-hybridized carbons (Fsp3) is 0.333. The van der Waals surface area contributed by atoms with Gasteiger partial charge in [0.15, 0.2) is 0 Å². The number of ether oxygens (including phenoxy) is 1. The zero-order valence-electron chi connectivity index (χ0n) is 14.1. The SMILES string of the molecule is COc1ccc(C(C)(C)C)cc1NC(=O)/C=C/c1csc(C)n1. The molecule has 0 atom stereocenters. The molecule has 0 aliphatic heterocycles. The van der Waals surface area contributed by atoms with Gasteiger partial charge in [0.1, 0.15) is 5.75 Å². The van der Waals surface area contributed by atoms with E-state index in [0.29, 0.717) is 11.4 Å². The Bertz CT molecular complexity index is 727. The molecule has 4 nitrogen and oxygen atoms in total. The molecule has 0 fully saturated rings. The van der Waals surface area contributed by atoms with E-state index in [-0.39, 0.29) is 11.3 Å². The summed E-state index contributed by atoms with van der Waals surface area (Å²) in [5, 5.41) is 5.77. The van der Waals surface area contributed by atoms with E-state index in [0.717, 1.165) is 16.3 Å². The molecular weight excluding hydrogens is 308 g/mol. The number of thiazole rings is 1. The van der Waals surface area contributed by atoms with Crippen LogP contribution in [0, 0.1) is 6.92 Å². The molecule has 5 heteroatoms. The van der Waals surface area contributed by atoms with Crippen molar-refractivity contribution in [2.45, 2.75) is 33.1 Å². The maximum absolute atomic E-state index is 12.1. The van der Waals surface area contributed by atoms with Crippen LogP contribution in [0.2, 0.25) is 0 Å². The number of carbonyl (C=O) groups is 1. The topological polar surface area (TPSA) is 51.2 Å². The average Bonchev–Trinajstić information content (AvgIpc) is 2.90. The molecule has 0 bridgehead atoms. The molecule has 0 radical (unpaired) electrons. The third kappa shape index (κ3) is 4.66. The zero-order chi connectivity index (χ0) is 17.0. The van der Waals surface area contributed by atoms with Crippen molar-refractivity contribution in [1.29, 1.82) is 0 Å². The number of amides is 1. The van der Waals surface area contributed by atoms with E-state index in [4.69, 9.17) is 4.74 Å². The Labute approximate surface area is 141 Å². The number of aryl methyl sites for hydroxylation is 1. The number of hydrogen-bond acceptors (Lipinski definition) is 4.